The number of thiophene rings is 1. The number of rotatable bonds is 5. The standard InChI is InChI=1S/C8H13NO3S2.Na/c1-9(3-5-14(10,11)12)6-8-2-4-13-7-8;/h2,4,7H,3,5-6H2,1H3,(H,10,11,12);/q;+1/p-1. The number of hydrogen-bond acceptors (Lipinski definition) is 5. The third-order valence-corrected chi connectivity index (χ3v) is 3.17. The van der Waals surface area contributed by atoms with Gasteiger partial charge in [0.05, 0.1) is 15.9 Å². The van der Waals surface area contributed by atoms with Gasteiger partial charge in [0.1, 0.15) is 0 Å². The molecule has 0 aliphatic carbocycles. The van der Waals surface area contributed by atoms with Gasteiger partial charge in [-0.05, 0) is 29.4 Å². The van der Waals surface area contributed by atoms with E-state index < -0.39 is 10.1 Å². The molecular weight excluding hydrogens is 245 g/mol. The van der Waals surface area contributed by atoms with Gasteiger partial charge in [0.2, 0.25) is 0 Å². The fourth-order valence-electron chi connectivity index (χ4n) is 1.04. The van der Waals surface area contributed by atoms with E-state index in [9.17, 15) is 13.0 Å². The molecule has 0 bridgehead atoms. The van der Waals surface area contributed by atoms with Crippen molar-refractivity contribution in [3.63, 3.8) is 0 Å². The average Bonchev–Trinajstić information content (AvgIpc) is 2.52. The molecule has 0 spiro atoms. The minimum Gasteiger partial charge on any atom is -0.748 e. The van der Waals surface area contributed by atoms with Crippen molar-refractivity contribution in [2.24, 2.45) is 0 Å². The normalized spacial score (nSPS) is 11.4. The van der Waals surface area contributed by atoms with Crippen LogP contribution in [0, 0.1) is 0 Å². The van der Waals surface area contributed by atoms with Gasteiger partial charge in [-0.25, -0.2) is 8.42 Å². The molecule has 0 atom stereocenters. The maximum Gasteiger partial charge on any atom is 1.00 e. The van der Waals surface area contributed by atoms with Crippen molar-refractivity contribution in [3.05, 3.63) is 22.4 Å². The molecule has 7 heteroatoms. The molecule has 0 aliphatic heterocycles. The van der Waals surface area contributed by atoms with Gasteiger partial charge in [-0.3, -0.25) is 0 Å². The van der Waals surface area contributed by atoms with E-state index >= 15 is 0 Å². The first-order valence-corrected chi connectivity index (χ1v) is 6.62. The second-order valence-corrected chi connectivity index (χ2v) is 5.43. The maximum absolute atomic E-state index is 10.4. The van der Waals surface area contributed by atoms with Crippen molar-refractivity contribution < 1.29 is 42.5 Å². The largest absolute Gasteiger partial charge is 1.00 e. The molecule has 0 saturated heterocycles. The predicted octanol–water partition coefficient (Wildman–Crippen LogP) is -2.27. The van der Waals surface area contributed by atoms with Gasteiger partial charge in [0.15, 0.2) is 0 Å². The molecule has 1 aromatic rings. The Morgan fingerprint density at radius 3 is 2.67 bits per heavy atom. The third kappa shape index (κ3) is 7.46. The summed E-state index contributed by atoms with van der Waals surface area (Å²) in [6, 6.07) is 1.98. The van der Waals surface area contributed by atoms with E-state index in [0.717, 1.165) is 5.56 Å². The van der Waals surface area contributed by atoms with E-state index in [0.29, 0.717) is 6.54 Å². The number of nitrogens with zero attached hydrogens (tertiary/aromatic N) is 1. The zero-order valence-electron chi connectivity index (χ0n) is 8.84. The topological polar surface area (TPSA) is 60.4 Å². The summed E-state index contributed by atoms with van der Waals surface area (Å²) in [5.41, 5.74) is 1.14. The van der Waals surface area contributed by atoms with Crippen molar-refractivity contribution in [2.45, 2.75) is 6.54 Å². The second-order valence-electron chi connectivity index (χ2n) is 3.13. The monoisotopic (exact) mass is 257 g/mol. The van der Waals surface area contributed by atoms with Gasteiger partial charge in [0, 0.05) is 13.1 Å². The van der Waals surface area contributed by atoms with Crippen molar-refractivity contribution in [1.29, 1.82) is 0 Å². The quantitative estimate of drug-likeness (QED) is 0.441. The molecule has 0 aliphatic rings. The summed E-state index contributed by atoms with van der Waals surface area (Å²) >= 11 is 1.60. The molecule has 1 aromatic heterocycles. The summed E-state index contributed by atoms with van der Waals surface area (Å²) in [6.07, 6.45) is 0. The Labute approximate surface area is 116 Å². The molecule has 80 valence electrons. The van der Waals surface area contributed by atoms with Crippen LogP contribution in [0.5, 0.6) is 0 Å². The summed E-state index contributed by atoms with van der Waals surface area (Å²) in [4.78, 5) is 1.82. The van der Waals surface area contributed by atoms with Crippen LogP contribution in [0.25, 0.3) is 0 Å². The molecule has 4 nitrogen and oxygen atoms in total. The minimum atomic E-state index is -4.09. The molecule has 0 fully saturated rings. The van der Waals surface area contributed by atoms with Gasteiger partial charge in [-0.15, -0.1) is 0 Å². The van der Waals surface area contributed by atoms with Crippen LogP contribution >= 0.6 is 11.3 Å². The van der Waals surface area contributed by atoms with Gasteiger partial charge in [-0.1, -0.05) is 0 Å². The molecule has 15 heavy (non-hydrogen) atoms. The molecule has 0 radical (unpaired) electrons. The molecule has 1 heterocycles. The summed E-state index contributed by atoms with van der Waals surface area (Å²) in [5.74, 6) is -0.326. The van der Waals surface area contributed by atoms with E-state index in [1.165, 1.54) is 0 Å². The van der Waals surface area contributed by atoms with Gasteiger partial charge in [-0.2, -0.15) is 11.3 Å². The van der Waals surface area contributed by atoms with E-state index in [1.807, 2.05) is 21.7 Å². The first-order chi connectivity index (χ1) is 6.47. The Bertz CT molecular complexity index is 363. The maximum atomic E-state index is 10.4. The SMILES string of the molecule is CN(CCS(=O)(=O)[O-])Cc1ccsc1.[Na+]. The predicted molar refractivity (Wildman–Crippen MR) is 55.2 cm³/mol. The van der Waals surface area contributed by atoms with Crippen LogP contribution in [-0.4, -0.2) is 37.2 Å². The van der Waals surface area contributed by atoms with E-state index in [1.54, 1.807) is 18.4 Å². The van der Waals surface area contributed by atoms with E-state index in [2.05, 4.69) is 0 Å². The first kappa shape index (κ1) is 15.6. The molecule has 0 aromatic carbocycles. The molecule has 0 amide bonds. The van der Waals surface area contributed by atoms with Crippen LogP contribution in [0.3, 0.4) is 0 Å². The van der Waals surface area contributed by atoms with Crippen molar-refractivity contribution in [2.75, 3.05) is 19.3 Å². The Morgan fingerprint density at radius 1 is 1.53 bits per heavy atom. The van der Waals surface area contributed by atoms with E-state index in [4.69, 9.17) is 0 Å². The number of hydrogen-bond donors (Lipinski definition) is 0. The van der Waals surface area contributed by atoms with Crippen LogP contribution in [-0.2, 0) is 16.7 Å². The Morgan fingerprint density at radius 2 is 2.20 bits per heavy atom. The summed E-state index contributed by atoms with van der Waals surface area (Å²) < 4.78 is 31.1. The minimum absolute atomic E-state index is 0. The molecule has 0 N–H and O–H groups in total. The fraction of sp³-hybridized carbons (Fsp3) is 0.500. The zero-order chi connectivity index (χ0) is 10.6. The second kappa shape index (κ2) is 7.01. The van der Waals surface area contributed by atoms with Gasteiger partial charge < -0.3 is 9.45 Å². The smallest absolute Gasteiger partial charge is 0.748 e. The summed E-state index contributed by atoms with van der Waals surface area (Å²) in [6.45, 7) is 0.959. The molecule has 0 saturated carbocycles. The fourth-order valence-corrected chi connectivity index (χ4v) is 2.24. The Kier molecular flexibility index (Phi) is 7.27. The first-order valence-electron chi connectivity index (χ1n) is 4.10. The van der Waals surface area contributed by atoms with Crippen LogP contribution in [0.4, 0.5) is 0 Å². The van der Waals surface area contributed by atoms with Gasteiger partial charge in [0.25, 0.3) is 0 Å². The van der Waals surface area contributed by atoms with Crippen molar-refractivity contribution >= 4 is 21.5 Å². The Balaban J connectivity index is 0.00000196. The van der Waals surface area contributed by atoms with E-state index in [-0.39, 0.29) is 41.9 Å². The molecule has 1 rings (SSSR count). The average molecular weight is 257 g/mol. The van der Waals surface area contributed by atoms with Crippen LogP contribution < -0.4 is 29.6 Å². The van der Waals surface area contributed by atoms with Crippen LogP contribution in [0.2, 0.25) is 0 Å². The molecular formula is C8H12NNaO3S2. The summed E-state index contributed by atoms with van der Waals surface area (Å²) in [5, 5.41) is 3.97. The van der Waals surface area contributed by atoms with Crippen molar-refractivity contribution in [3.8, 4) is 0 Å². The zero-order valence-corrected chi connectivity index (χ0v) is 12.5. The third-order valence-electron chi connectivity index (χ3n) is 1.76. The van der Waals surface area contributed by atoms with Gasteiger partial charge >= 0.3 is 29.6 Å². The van der Waals surface area contributed by atoms with Crippen LogP contribution in [0.15, 0.2) is 16.8 Å². The Hall–Kier alpha value is 0.570. The molecule has 0 unspecified atom stereocenters. The summed E-state index contributed by atoms with van der Waals surface area (Å²) in [7, 11) is -2.29. The van der Waals surface area contributed by atoms with Crippen molar-refractivity contribution in [1.82, 2.24) is 4.90 Å². The van der Waals surface area contributed by atoms with Crippen LogP contribution in [0.1, 0.15) is 5.56 Å².